The summed E-state index contributed by atoms with van der Waals surface area (Å²) in [6.07, 6.45) is 0.943. The van der Waals surface area contributed by atoms with Gasteiger partial charge in [-0.1, -0.05) is 12.1 Å². The molecule has 6 nitrogen and oxygen atoms in total. The summed E-state index contributed by atoms with van der Waals surface area (Å²) in [5, 5.41) is 3.17. The Morgan fingerprint density at radius 1 is 1.22 bits per heavy atom. The molecule has 1 aromatic carbocycles. The Bertz CT molecular complexity index is 804. The Morgan fingerprint density at radius 3 is 2.70 bits per heavy atom. The smallest absolute Gasteiger partial charge is 0.330 e. The van der Waals surface area contributed by atoms with Crippen LogP contribution < -0.4 is 21.3 Å². The molecule has 2 aromatic rings. The number of hydrogen-bond donors (Lipinski definition) is 2. The van der Waals surface area contributed by atoms with E-state index in [4.69, 9.17) is 4.74 Å². The van der Waals surface area contributed by atoms with Gasteiger partial charge in [-0.15, -0.1) is 0 Å². The summed E-state index contributed by atoms with van der Waals surface area (Å²) < 4.78 is 6.77. The van der Waals surface area contributed by atoms with Crippen LogP contribution in [0.1, 0.15) is 44.0 Å². The van der Waals surface area contributed by atoms with E-state index in [2.05, 4.69) is 16.4 Å². The largest absolute Gasteiger partial charge is 0.493 e. The molecular weight excluding hydrogens is 294 g/mol. The number of hydrogen-bond acceptors (Lipinski definition) is 4. The average Bonchev–Trinajstić information content (AvgIpc) is 2.93. The summed E-state index contributed by atoms with van der Waals surface area (Å²) >= 11 is 0. The topological polar surface area (TPSA) is 76.1 Å². The van der Waals surface area contributed by atoms with Crippen LogP contribution >= 0.6 is 0 Å². The summed E-state index contributed by atoms with van der Waals surface area (Å²) in [5.41, 5.74) is 1.55. The quantitative estimate of drug-likeness (QED) is 0.907. The normalized spacial score (nSPS) is 14.4. The molecule has 0 bridgehead atoms. The van der Waals surface area contributed by atoms with Crippen molar-refractivity contribution in [2.45, 2.75) is 39.3 Å². The number of nitrogens with zero attached hydrogens (tertiary/aromatic N) is 1. The van der Waals surface area contributed by atoms with E-state index in [0.717, 1.165) is 24.3 Å². The maximum atomic E-state index is 12.1. The average molecular weight is 315 g/mol. The van der Waals surface area contributed by atoms with Crippen molar-refractivity contribution in [3.63, 3.8) is 0 Å². The van der Waals surface area contributed by atoms with E-state index < -0.39 is 5.69 Å². The number of aromatic amines is 1. The number of aromatic nitrogens is 2. The van der Waals surface area contributed by atoms with E-state index in [1.807, 2.05) is 19.1 Å². The highest BCUT2D eigenvalue weighted by molar-refractivity contribution is 5.44. The van der Waals surface area contributed by atoms with Gasteiger partial charge in [-0.05, 0) is 38.0 Å². The molecule has 1 aliphatic rings. The molecule has 1 aliphatic heterocycles. The first-order valence-electron chi connectivity index (χ1n) is 7.83. The number of H-pyrrole nitrogens is 1. The second kappa shape index (κ2) is 5.95. The van der Waals surface area contributed by atoms with Crippen LogP contribution in [0.4, 0.5) is 5.82 Å². The van der Waals surface area contributed by atoms with E-state index in [1.54, 1.807) is 13.8 Å². The molecule has 122 valence electrons. The molecule has 0 aliphatic carbocycles. The van der Waals surface area contributed by atoms with Crippen LogP contribution in [-0.2, 0) is 6.42 Å². The van der Waals surface area contributed by atoms with Gasteiger partial charge in [0.25, 0.3) is 5.56 Å². The molecule has 0 amide bonds. The van der Waals surface area contributed by atoms with Gasteiger partial charge < -0.3 is 10.1 Å². The number of benzene rings is 1. The molecule has 1 unspecified atom stereocenters. The van der Waals surface area contributed by atoms with Crippen LogP contribution in [0.15, 0.2) is 33.9 Å². The summed E-state index contributed by atoms with van der Waals surface area (Å²) in [6, 6.07) is 7.30. The first kappa shape index (κ1) is 15.4. The lowest BCUT2D eigenvalue weighted by atomic mass is 10.0. The minimum Gasteiger partial charge on any atom is -0.493 e. The number of rotatable bonds is 4. The van der Waals surface area contributed by atoms with Crippen molar-refractivity contribution < 1.29 is 4.74 Å². The molecule has 6 heteroatoms. The van der Waals surface area contributed by atoms with Crippen LogP contribution in [0.3, 0.4) is 0 Å². The predicted octanol–water partition coefficient (Wildman–Crippen LogP) is 2.23. The fraction of sp³-hybridized carbons (Fsp3) is 0.412. The third-order valence-electron chi connectivity index (χ3n) is 4.07. The summed E-state index contributed by atoms with van der Waals surface area (Å²) in [5.74, 6) is 1.34. The molecule has 0 saturated carbocycles. The van der Waals surface area contributed by atoms with Gasteiger partial charge in [0.15, 0.2) is 0 Å². The Balaban J connectivity index is 1.84. The maximum Gasteiger partial charge on any atom is 0.330 e. The van der Waals surface area contributed by atoms with Gasteiger partial charge in [0.1, 0.15) is 11.6 Å². The second-order valence-electron chi connectivity index (χ2n) is 6.12. The Labute approximate surface area is 134 Å². The molecule has 2 heterocycles. The second-order valence-corrected chi connectivity index (χ2v) is 6.12. The molecule has 0 fully saturated rings. The first-order chi connectivity index (χ1) is 11.0. The molecule has 23 heavy (non-hydrogen) atoms. The lowest BCUT2D eigenvalue weighted by Gasteiger charge is -2.17. The van der Waals surface area contributed by atoms with Crippen molar-refractivity contribution in [1.29, 1.82) is 0 Å². The van der Waals surface area contributed by atoms with Gasteiger partial charge >= 0.3 is 5.69 Å². The highest BCUT2D eigenvalue weighted by Gasteiger charge is 2.15. The van der Waals surface area contributed by atoms with Crippen molar-refractivity contribution in [3.05, 3.63) is 56.2 Å². The van der Waals surface area contributed by atoms with Crippen LogP contribution in [0, 0.1) is 0 Å². The van der Waals surface area contributed by atoms with Crippen LogP contribution in [0.2, 0.25) is 0 Å². The summed E-state index contributed by atoms with van der Waals surface area (Å²) in [4.78, 5) is 26.8. The summed E-state index contributed by atoms with van der Waals surface area (Å²) in [6.45, 7) is 6.30. The highest BCUT2D eigenvalue weighted by atomic mass is 16.5. The molecular formula is C17H21N3O3. The van der Waals surface area contributed by atoms with Crippen molar-refractivity contribution in [2.24, 2.45) is 0 Å². The number of nitrogens with one attached hydrogen (secondary N) is 2. The monoisotopic (exact) mass is 315 g/mol. The third kappa shape index (κ3) is 3.02. The Morgan fingerprint density at radius 2 is 2.00 bits per heavy atom. The molecule has 0 saturated heterocycles. The predicted molar refractivity (Wildman–Crippen MR) is 89.4 cm³/mol. The zero-order chi connectivity index (χ0) is 16.6. The van der Waals surface area contributed by atoms with Gasteiger partial charge in [-0.2, -0.15) is 0 Å². The van der Waals surface area contributed by atoms with Crippen molar-refractivity contribution >= 4 is 5.82 Å². The van der Waals surface area contributed by atoms with E-state index in [-0.39, 0.29) is 17.6 Å². The molecule has 2 N–H and O–H groups in total. The van der Waals surface area contributed by atoms with Crippen LogP contribution in [-0.4, -0.2) is 16.2 Å². The van der Waals surface area contributed by atoms with Gasteiger partial charge in [0, 0.05) is 18.5 Å². The molecule has 3 rings (SSSR count). The van der Waals surface area contributed by atoms with Crippen LogP contribution in [0.5, 0.6) is 5.75 Å². The Kier molecular flexibility index (Phi) is 3.98. The molecule has 0 spiro atoms. The Hall–Kier alpha value is -2.50. The number of ether oxygens (including phenoxy) is 1. The molecule has 1 aromatic heterocycles. The number of anilines is 1. The van der Waals surface area contributed by atoms with E-state index in [0.29, 0.717) is 5.82 Å². The minimum atomic E-state index is -0.403. The third-order valence-corrected chi connectivity index (χ3v) is 4.07. The fourth-order valence-corrected chi connectivity index (χ4v) is 2.84. The zero-order valence-corrected chi connectivity index (χ0v) is 13.6. The van der Waals surface area contributed by atoms with Crippen LogP contribution in [0.25, 0.3) is 0 Å². The standard InChI is InChI=1S/C17H21N3O3/c1-10(2)20-16(21)9-15(19-17(20)22)18-11(3)13-5-4-12-6-7-23-14(12)8-13/h4-5,8-11,18H,6-7H2,1-3H3,(H,19,22). The lowest BCUT2D eigenvalue weighted by Crippen LogP contribution is -2.36. The van der Waals surface area contributed by atoms with Gasteiger partial charge in [-0.3, -0.25) is 14.3 Å². The summed E-state index contributed by atoms with van der Waals surface area (Å²) in [7, 11) is 0. The van der Waals surface area contributed by atoms with E-state index in [9.17, 15) is 9.59 Å². The maximum absolute atomic E-state index is 12.1. The SMILES string of the molecule is CC(Nc1cc(=O)n(C(C)C)c(=O)[nH]1)c1ccc2c(c1)OCC2. The zero-order valence-electron chi connectivity index (χ0n) is 13.6. The lowest BCUT2D eigenvalue weighted by molar-refractivity contribution is 0.356. The van der Waals surface area contributed by atoms with Crippen molar-refractivity contribution in [2.75, 3.05) is 11.9 Å². The molecule has 1 atom stereocenters. The van der Waals surface area contributed by atoms with Crippen molar-refractivity contribution in [3.8, 4) is 5.75 Å². The van der Waals surface area contributed by atoms with E-state index >= 15 is 0 Å². The van der Waals surface area contributed by atoms with Gasteiger partial charge in [0.2, 0.25) is 0 Å². The molecule has 0 radical (unpaired) electrons. The van der Waals surface area contributed by atoms with Crippen molar-refractivity contribution in [1.82, 2.24) is 9.55 Å². The first-order valence-corrected chi connectivity index (χ1v) is 7.83. The number of fused-ring (bicyclic) bond motifs is 1. The fourth-order valence-electron chi connectivity index (χ4n) is 2.84. The van der Waals surface area contributed by atoms with E-state index in [1.165, 1.54) is 16.2 Å². The van der Waals surface area contributed by atoms with Gasteiger partial charge in [0.05, 0.1) is 12.6 Å². The highest BCUT2D eigenvalue weighted by Crippen LogP contribution is 2.29. The minimum absolute atomic E-state index is 0.0607. The van der Waals surface area contributed by atoms with Gasteiger partial charge in [-0.25, -0.2) is 4.79 Å².